The highest BCUT2D eigenvalue weighted by molar-refractivity contribution is 7.89. The summed E-state index contributed by atoms with van der Waals surface area (Å²) in [5.74, 6) is 0.364. The van der Waals surface area contributed by atoms with E-state index in [1.165, 1.54) is 0 Å². The van der Waals surface area contributed by atoms with Crippen LogP contribution in [-0.2, 0) is 14.8 Å². The number of amides is 1. The number of carbonyl (C=O) groups is 1. The van der Waals surface area contributed by atoms with E-state index in [0.29, 0.717) is 31.1 Å². The zero-order chi connectivity index (χ0) is 16.9. The number of hydrogen-bond acceptors (Lipinski definition) is 3. The van der Waals surface area contributed by atoms with Crippen molar-refractivity contribution in [1.29, 1.82) is 0 Å². The molecule has 1 aliphatic rings. The number of piperidine rings is 1. The van der Waals surface area contributed by atoms with Crippen molar-refractivity contribution in [3.8, 4) is 0 Å². The molecular formula is C17H26N2O3S. The molecule has 1 saturated heterocycles. The lowest BCUT2D eigenvalue weighted by atomic mass is 10.0. The molecule has 1 atom stereocenters. The Bertz CT molecular complexity index is 626. The summed E-state index contributed by atoms with van der Waals surface area (Å²) in [5.41, 5.74) is 0.636. The lowest BCUT2D eigenvalue weighted by Gasteiger charge is -2.30. The Kier molecular flexibility index (Phi) is 6.18. The van der Waals surface area contributed by atoms with Crippen LogP contribution in [0.2, 0.25) is 0 Å². The predicted octanol–water partition coefficient (Wildman–Crippen LogP) is 3.24. The number of carbonyl (C=O) groups excluding carboxylic acids is 1. The molecule has 1 unspecified atom stereocenters. The lowest BCUT2D eigenvalue weighted by molar-refractivity contribution is -0.116. The van der Waals surface area contributed by atoms with E-state index in [1.807, 2.05) is 6.92 Å². The molecule has 128 valence electrons. The lowest BCUT2D eigenvalue weighted by Crippen LogP contribution is -2.39. The summed E-state index contributed by atoms with van der Waals surface area (Å²) < 4.78 is 26.9. The second-order valence-electron chi connectivity index (χ2n) is 6.29. The molecule has 1 N–H and O–H groups in total. The van der Waals surface area contributed by atoms with Gasteiger partial charge in [-0.1, -0.05) is 20.3 Å². The van der Waals surface area contributed by atoms with Crippen LogP contribution >= 0.6 is 0 Å². The van der Waals surface area contributed by atoms with Gasteiger partial charge in [-0.25, -0.2) is 8.42 Å². The number of unbranched alkanes of at least 4 members (excludes halogenated alkanes) is 1. The van der Waals surface area contributed by atoms with Gasteiger partial charge in [0.25, 0.3) is 0 Å². The third-order valence-electron chi connectivity index (χ3n) is 4.15. The molecule has 5 nitrogen and oxygen atoms in total. The van der Waals surface area contributed by atoms with Gasteiger partial charge in [-0.05, 0) is 49.4 Å². The molecule has 0 spiro atoms. The third-order valence-corrected chi connectivity index (χ3v) is 6.03. The summed E-state index contributed by atoms with van der Waals surface area (Å²) >= 11 is 0. The molecule has 1 heterocycles. The maximum absolute atomic E-state index is 12.6. The normalized spacial score (nSPS) is 19.5. The number of benzene rings is 1. The van der Waals surface area contributed by atoms with Crippen LogP contribution in [0.5, 0.6) is 0 Å². The van der Waals surface area contributed by atoms with Crippen LogP contribution in [0.3, 0.4) is 0 Å². The fourth-order valence-electron chi connectivity index (χ4n) is 2.78. The largest absolute Gasteiger partial charge is 0.326 e. The molecule has 1 aromatic carbocycles. The Morgan fingerprint density at radius 3 is 2.61 bits per heavy atom. The van der Waals surface area contributed by atoms with Crippen LogP contribution in [0.4, 0.5) is 5.69 Å². The van der Waals surface area contributed by atoms with E-state index in [9.17, 15) is 13.2 Å². The quantitative estimate of drug-likeness (QED) is 0.866. The van der Waals surface area contributed by atoms with Crippen molar-refractivity contribution in [2.24, 2.45) is 5.92 Å². The molecule has 2 rings (SSSR count). The summed E-state index contributed by atoms with van der Waals surface area (Å²) in [6, 6.07) is 6.46. The first-order chi connectivity index (χ1) is 10.9. The third kappa shape index (κ3) is 4.78. The second kappa shape index (κ2) is 7.93. The average molecular weight is 338 g/mol. The topological polar surface area (TPSA) is 66.5 Å². The first kappa shape index (κ1) is 17.9. The van der Waals surface area contributed by atoms with Crippen LogP contribution in [0.25, 0.3) is 0 Å². The van der Waals surface area contributed by atoms with Gasteiger partial charge in [-0.15, -0.1) is 0 Å². The number of sulfonamides is 1. The Morgan fingerprint density at radius 2 is 2.00 bits per heavy atom. The van der Waals surface area contributed by atoms with Gasteiger partial charge in [0.2, 0.25) is 15.9 Å². The Morgan fingerprint density at radius 1 is 1.30 bits per heavy atom. The Hall–Kier alpha value is -1.40. The maximum Gasteiger partial charge on any atom is 0.243 e. The predicted molar refractivity (Wildman–Crippen MR) is 91.8 cm³/mol. The first-order valence-corrected chi connectivity index (χ1v) is 9.77. The minimum Gasteiger partial charge on any atom is -0.326 e. The molecule has 0 aliphatic carbocycles. The van der Waals surface area contributed by atoms with E-state index in [1.54, 1.807) is 28.6 Å². The monoisotopic (exact) mass is 338 g/mol. The zero-order valence-electron chi connectivity index (χ0n) is 13.9. The van der Waals surface area contributed by atoms with Crippen molar-refractivity contribution in [3.05, 3.63) is 24.3 Å². The van der Waals surface area contributed by atoms with Gasteiger partial charge in [0.15, 0.2) is 0 Å². The second-order valence-corrected chi connectivity index (χ2v) is 8.22. The molecule has 0 radical (unpaired) electrons. The minimum atomic E-state index is -3.43. The van der Waals surface area contributed by atoms with Crippen molar-refractivity contribution >= 4 is 21.6 Å². The van der Waals surface area contributed by atoms with E-state index < -0.39 is 10.0 Å². The van der Waals surface area contributed by atoms with E-state index in [0.717, 1.165) is 25.7 Å². The number of hydrogen-bond donors (Lipinski definition) is 1. The van der Waals surface area contributed by atoms with E-state index in [2.05, 4.69) is 12.2 Å². The molecule has 0 aromatic heterocycles. The van der Waals surface area contributed by atoms with E-state index in [-0.39, 0.29) is 10.8 Å². The molecule has 1 amide bonds. The fraction of sp³-hybridized carbons (Fsp3) is 0.588. The summed E-state index contributed by atoms with van der Waals surface area (Å²) in [6.07, 6.45) is 4.30. The summed E-state index contributed by atoms with van der Waals surface area (Å²) in [6.45, 7) is 5.28. The van der Waals surface area contributed by atoms with Crippen LogP contribution in [-0.4, -0.2) is 31.7 Å². The number of nitrogens with one attached hydrogen (secondary N) is 1. The van der Waals surface area contributed by atoms with Crippen LogP contribution in [0.15, 0.2) is 29.2 Å². The van der Waals surface area contributed by atoms with Crippen LogP contribution in [0, 0.1) is 5.92 Å². The van der Waals surface area contributed by atoms with Gasteiger partial charge in [-0.3, -0.25) is 4.79 Å². The number of rotatable bonds is 6. The summed E-state index contributed by atoms with van der Waals surface area (Å²) in [5, 5.41) is 2.79. The van der Waals surface area contributed by atoms with Crippen molar-refractivity contribution < 1.29 is 13.2 Å². The van der Waals surface area contributed by atoms with Gasteiger partial charge < -0.3 is 5.32 Å². The Labute approximate surface area is 139 Å². The Balaban J connectivity index is 2.04. The highest BCUT2D eigenvalue weighted by Crippen LogP contribution is 2.24. The number of anilines is 1. The standard InChI is InChI=1S/C17H26N2O3S/c1-3-4-7-17(20)18-15-8-10-16(11-9-15)23(21,22)19-12-5-6-14(2)13-19/h8-11,14H,3-7,12-13H2,1-2H3,(H,18,20). The summed E-state index contributed by atoms with van der Waals surface area (Å²) in [4.78, 5) is 12.0. The van der Waals surface area contributed by atoms with Gasteiger partial charge in [-0.2, -0.15) is 4.31 Å². The molecule has 6 heteroatoms. The van der Waals surface area contributed by atoms with Gasteiger partial charge >= 0.3 is 0 Å². The molecule has 0 saturated carbocycles. The van der Waals surface area contributed by atoms with E-state index in [4.69, 9.17) is 0 Å². The molecule has 1 aliphatic heterocycles. The first-order valence-electron chi connectivity index (χ1n) is 8.33. The van der Waals surface area contributed by atoms with Crippen molar-refractivity contribution in [2.45, 2.75) is 50.8 Å². The molecule has 23 heavy (non-hydrogen) atoms. The molecule has 0 bridgehead atoms. The zero-order valence-corrected chi connectivity index (χ0v) is 14.7. The average Bonchev–Trinajstić information content (AvgIpc) is 2.53. The van der Waals surface area contributed by atoms with Crippen LogP contribution < -0.4 is 5.32 Å². The number of nitrogens with zero attached hydrogens (tertiary/aromatic N) is 1. The van der Waals surface area contributed by atoms with Crippen molar-refractivity contribution in [2.75, 3.05) is 18.4 Å². The fourth-order valence-corrected chi connectivity index (χ4v) is 4.38. The van der Waals surface area contributed by atoms with Crippen molar-refractivity contribution in [1.82, 2.24) is 4.31 Å². The van der Waals surface area contributed by atoms with Crippen LogP contribution in [0.1, 0.15) is 46.0 Å². The molecule has 1 fully saturated rings. The molecular weight excluding hydrogens is 312 g/mol. The highest BCUT2D eigenvalue weighted by Gasteiger charge is 2.28. The SMILES string of the molecule is CCCCC(=O)Nc1ccc(S(=O)(=O)N2CCCC(C)C2)cc1. The van der Waals surface area contributed by atoms with Gasteiger partial charge in [0.05, 0.1) is 4.90 Å². The highest BCUT2D eigenvalue weighted by atomic mass is 32.2. The maximum atomic E-state index is 12.6. The smallest absolute Gasteiger partial charge is 0.243 e. The minimum absolute atomic E-state index is 0.0349. The summed E-state index contributed by atoms with van der Waals surface area (Å²) in [7, 11) is -3.43. The molecule has 1 aromatic rings. The van der Waals surface area contributed by atoms with Crippen molar-refractivity contribution in [3.63, 3.8) is 0 Å². The van der Waals surface area contributed by atoms with E-state index >= 15 is 0 Å². The van der Waals surface area contributed by atoms with Gasteiger partial charge in [0, 0.05) is 25.2 Å². The van der Waals surface area contributed by atoms with Gasteiger partial charge in [0.1, 0.15) is 0 Å².